The molecule has 1 aromatic rings. The number of hydrogen-bond donors (Lipinski definition) is 0. The summed E-state index contributed by atoms with van der Waals surface area (Å²) in [6.07, 6.45) is 8.27. The largest absolute Gasteiger partial charge is 0.360 e. The van der Waals surface area contributed by atoms with Crippen LogP contribution in [-0.4, -0.2) is 69.8 Å². The summed E-state index contributed by atoms with van der Waals surface area (Å²) >= 11 is 0. The van der Waals surface area contributed by atoms with Gasteiger partial charge >= 0.3 is 0 Å². The Morgan fingerprint density at radius 1 is 1.44 bits per heavy atom. The summed E-state index contributed by atoms with van der Waals surface area (Å²) < 4.78 is 7.99. The van der Waals surface area contributed by atoms with E-state index >= 15 is 0 Å². The van der Waals surface area contributed by atoms with Crippen molar-refractivity contribution >= 4 is 11.8 Å². The Labute approximate surface area is 159 Å². The van der Waals surface area contributed by atoms with Crippen LogP contribution in [0.15, 0.2) is 30.6 Å². The topological polar surface area (TPSA) is 67.7 Å². The van der Waals surface area contributed by atoms with Crippen molar-refractivity contribution in [3.05, 3.63) is 30.6 Å². The molecular formula is C20H28N4O3. The van der Waals surface area contributed by atoms with Crippen molar-refractivity contribution in [2.75, 3.05) is 26.7 Å². The highest BCUT2D eigenvalue weighted by Crippen LogP contribution is 2.52. The molecule has 2 saturated heterocycles. The van der Waals surface area contributed by atoms with Crippen LogP contribution in [0.5, 0.6) is 0 Å². The molecule has 0 aromatic carbocycles. The molecule has 0 radical (unpaired) electrons. The van der Waals surface area contributed by atoms with Gasteiger partial charge in [-0.1, -0.05) is 26.0 Å². The van der Waals surface area contributed by atoms with E-state index in [2.05, 4.69) is 18.9 Å². The summed E-state index contributed by atoms with van der Waals surface area (Å²) in [4.78, 5) is 29.9. The molecule has 3 aliphatic heterocycles. The SMILES string of the molecule is CC(C)CCN1C[C@]23C=C[C@H](O2)[C@H](C(=O)N(C)CCn2cccn2)[C@@H]3C1=O. The van der Waals surface area contributed by atoms with Gasteiger partial charge < -0.3 is 14.5 Å². The zero-order valence-corrected chi connectivity index (χ0v) is 16.2. The van der Waals surface area contributed by atoms with Crippen LogP contribution >= 0.6 is 0 Å². The number of carbonyl (C=O) groups is 2. The van der Waals surface area contributed by atoms with Crippen molar-refractivity contribution in [2.45, 2.75) is 38.5 Å². The van der Waals surface area contributed by atoms with Crippen molar-refractivity contribution in [3.8, 4) is 0 Å². The van der Waals surface area contributed by atoms with Crippen molar-refractivity contribution in [3.63, 3.8) is 0 Å². The minimum atomic E-state index is -0.609. The van der Waals surface area contributed by atoms with E-state index in [1.54, 1.807) is 22.8 Å². The highest BCUT2D eigenvalue weighted by molar-refractivity contribution is 5.93. The van der Waals surface area contributed by atoms with Crippen LogP contribution in [0.25, 0.3) is 0 Å². The van der Waals surface area contributed by atoms with E-state index < -0.39 is 11.5 Å². The second-order valence-corrected chi connectivity index (χ2v) is 8.37. The predicted molar refractivity (Wildman–Crippen MR) is 99.6 cm³/mol. The van der Waals surface area contributed by atoms with Crippen LogP contribution in [0, 0.1) is 17.8 Å². The lowest BCUT2D eigenvalue weighted by molar-refractivity contribution is -0.142. The average molecular weight is 372 g/mol. The fraction of sp³-hybridized carbons (Fsp3) is 0.650. The maximum Gasteiger partial charge on any atom is 0.230 e. The van der Waals surface area contributed by atoms with E-state index in [1.165, 1.54) is 0 Å². The van der Waals surface area contributed by atoms with Gasteiger partial charge in [0.1, 0.15) is 5.60 Å². The van der Waals surface area contributed by atoms with Gasteiger partial charge in [-0.2, -0.15) is 5.10 Å². The second kappa shape index (κ2) is 6.78. The van der Waals surface area contributed by atoms with Crippen LogP contribution in [0.2, 0.25) is 0 Å². The Balaban J connectivity index is 1.46. The first-order chi connectivity index (χ1) is 12.9. The number of hydrogen-bond acceptors (Lipinski definition) is 4. The number of fused-ring (bicyclic) bond motifs is 1. The van der Waals surface area contributed by atoms with Crippen LogP contribution < -0.4 is 0 Å². The average Bonchev–Trinajstić information content (AvgIpc) is 3.39. The molecule has 2 fully saturated rings. The smallest absolute Gasteiger partial charge is 0.230 e. The van der Waals surface area contributed by atoms with E-state index in [1.807, 2.05) is 29.3 Å². The number of likely N-dealkylation sites (tertiary alicyclic amines) is 1. The van der Waals surface area contributed by atoms with E-state index in [0.29, 0.717) is 25.6 Å². The monoisotopic (exact) mass is 372 g/mol. The van der Waals surface area contributed by atoms with Crippen molar-refractivity contribution in [1.82, 2.24) is 19.6 Å². The van der Waals surface area contributed by atoms with E-state index in [0.717, 1.165) is 13.0 Å². The van der Waals surface area contributed by atoms with Gasteiger partial charge in [-0.05, 0) is 18.4 Å². The molecule has 0 unspecified atom stereocenters. The lowest BCUT2D eigenvalue weighted by Crippen LogP contribution is -2.45. The van der Waals surface area contributed by atoms with Gasteiger partial charge in [-0.3, -0.25) is 14.3 Å². The fourth-order valence-corrected chi connectivity index (χ4v) is 4.51. The van der Waals surface area contributed by atoms with E-state index in [9.17, 15) is 9.59 Å². The molecule has 7 heteroatoms. The second-order valence-electron chi connectivity index (χ2n) is 8.37. The Bertz CT molecular complexity index is 744. The van der Waals surface area contributed by atoms with E-state index in [4.69, 9.17) is 4.74 Å². The third-order valence-corrected chi connectivity index (χ3v) is 6.04. The molecule has 4 atom stereocenters. The zero-order chi connectivity index (χ0) is 19.2. The van der Waals surface area contributed by atoms with Crippen molar-refractivity contribution < 1.29 is 14.3 Å². The zero-order valence-electron chi connectivity index (χ0n) is 16.2. The summed E-state index contributed by atoms with van der Waals surface area (Å²) in [5.41, 5.74) is -0.609. The number of carbonyl (C=O) groups excluding carboxylic acids is 2. The molecule has 146 valence electrons. The molecule has 1 spiro atoms. The first-order valence-electron chi connectivity index (χ1n) is 9.80. The van der Waals surface area contributed by atoms with Crippen molar-refractivity contribution in [2.24, 2.45) is 17.8 Å². The lowest BCUT2D eigenvalue weighted by atomic mass is 9.76. The first kappa shape index (κ1) is 18.2. The van der Waals surface area contributed by atoms with E-state index in [-0.39, 0.29) is 23.8 Å². The molecule has 0 aliphatic carbocycles. The Morgan fingerprint density at radius 2 is 2.26 bits per heavy atom. The van der Waals surface area contributed by atoms with Gasteiger partial charge in [-0.15, -0.1) is 0 Å². The highest BCUT2D eigenvalue weighted by atomic mass is 16.5. The van der Waals surface area contributed by atoms with Gasteiger partial charge in [0.25, 0.3) is 0 Å². The summed E-state index contributed by atoms with van der Waals surface area (Å²) in [6.45, 7) is 6.79. The first-order valence-corrected chi connectivity index (χ1v) is 9.80. The molecular weight excluding hydrogens is 344 g/mol. The molecule has 2 amide bonds. The molecule has 27 heavy (non-hydrogen) atoms. The molecule has 3 aliphatic rings. The van der Waals surface area contributed by atoms with Crippen LogP contribution in [-0.2, 0) is 20.9 Å². The molecule has 1 aromatic heterocycles. The Morgan fingerprint density at radius 3 is 2.96 bits per heavy atom. The number of amides is 2. The van der Waals surface area contributed by atoms with Crippen molar-refractivity contribution in [1.29, 1.82) is 0 Å². The van der Waals surface area contributed by atoms with Gasteiger partial charge in [0, 0.05) is 32.5 Å². The molecule has 2 bridgehead atoms. The minimum absolute atomic E-state index is 0.0116. The summed E-state index contributed by atoms with van der Waals surface area (Å²) in [5, 5.41) is 4.17. The molecule has 0 saturated carbocycles. The maximum atomic E-state index is 13.2. The lowest BCUT2D eigenvalue weighted by Gasteiger charge is -2.27. The number of likely N-dealkylation sites (N-methyl/N-ethyl adjacent to an activating group) is 1. The third kappa shape index (κ3) is 3.08. The summed E-state index contributed by atoms with van der Waals surface area (Å²) in [5.74, 6) is -0.216. The van der Waals surface area contributed by atoms with Crippen LogP contribution in [0.3, 0.4) is 0 Å². The molecule has 4 rings (SSSR count). The molecule has 4 heterocycles. The fourth-order valence-electron chi connectivity index (χ4n) is 4.51. The number of ether oxygens (including phenoxy) is 1. The van der Waals surface area contributed by atoms with Gasteiger partial charge in [0.15, 0.2) is 0 Å². The quantitative estimate of drug-likeness (QED) is 0.674. The predicted octanol–water partition coefficient (Wildman–Crippen LogP) is 1.17. The van der Waals surface area contributed by atoms with Crippen LogP contribution in [0.1, 0.15) is 20.3 Å². The summed E-state index contributed by atoms with van der Waals surface area (Å²) in [6, 6.07) is 1.86. The molecule has 0 N–H and O–H groups in total. The Hall–Kier alpha value is -2.15. The number of nitrogens with zero attached hydrogens (tertiary/aromatic N) is 4. The number of aromatic nitrogens is 2. The van der Waals surface area contributed by atoms with Gasteiger partial charge in [0.2, 0.25) is 11.8 Å². The van der Waals surface area contributed by atoms with Crippen LogP contribution in [0.4, 0.5) is 0 Å². The van der Waals surface area contributed by atoms with Gasteiger partial charge in [-0.25, -0.2) is 0 Å². The summed E-state index contributed by atoms with van der Waals surface area (Å²) in [7, 11) is 1.80. The minimum Gasteiger partial charge on any atom is -0.360 e. The normalized spacial score (nSPS) is 31.2. The highest BCUT2D eigenvalue weighted by Gasteiger charge is 2.66. The molecule has 7 nitrogen and oxygen atoms in total. The van der Waals surface area contributed by atoms with Gasteiger partial charge in [0.05, 0.1) is 31.0 Å². The standard InChI is InChI=1S/C20H28N4O3/c1-14(2)6-10-23-13-20-7-5-15(27-20)16(17(20)19(23)26)18(25)22(3)11-12-24-9-4-8-21-24/h4-5,7-9,14-17H,6,10-13H2,1-3H3/t15-,16-,17+,20-/m0/s1. The third-order valence-electron chi connectivity index (χ3n) is 6.04. The maximum absolute atomic E-state index is 13.2. The Kier molecular flexibility index (Phi) is 4.58. The number of rotatable bonds is 7.